The van der Waals surface area contributed by atoms with Crippen LogP contribution in [0.3, 0.4) is 0 Å². The Hall–Kier alpha value is -2.83. The number of nitrogens with zero attached hydrogens (tertiary/aromatic N) is 3. The maximum Gasteiger partial charge on any atom is 0.302 e. The summed E-state index contributed by atoms with van der Waals surface area (Å²) < 4.78 is 40.6. The molecule has 1 saturated heterocycles. The Kier molecular flexibility index (Phi) is 6.56. The van der Waals surface area contributed by atoms with E-state index in [1.54, 1.807) is 30.3 Å². The van der Waals surface area contributed by atoms with E-state index in [0.717, 1.165) is 12.1 Å². The number of nitrogens with one attached hydrogen (secondary N) is 1. The van der Waals surface area contributed by atoms with Gasteiger partial charge in [-0.25, -0.2) is 4.98 Å². The van der Waals surface area contributed by atoms with E-state index in [-0.39, 0.29) is 6.10 Å². The van der Waals surface area contributed by atoms with Gasteiger partial charge in [0.2, 0.25) is 0 Å². The van der Waals surface area contributed by atoms with Crippen molar-refractivity contribution in [1.82, 2.24) is 9.29 Å². The van der Waals surface area contributed by atoms with Crippen LogP contribution in [0, 0.1) is 11.3 Å². The molecule has 1 aromatic heterocycles. The average molecular weight is 417 g/mol. The number of methoxy groups -OCH3 is 1. The van der Waals surface area contributed by atoms with E-state index in [4.69, 9.17) is 14.7 Å². The van der Waals surface area contributed by atoms with Crippen molar-refractivity contribution in [3.05, 3.63) is 47.7 Å². The molecule has 0 aliphatic carbocycles. The first kappa shape index (κ1) is 20.9. The molecule has 1 aliphatic rings. The fraction of sp³-hybridized carbons (Fsp3) is 0.400. The van der Waals surface area contributed by atoms with Crippen molar-refractivity contribution >= 4 is 16.0 Å². The lowest BCUT2D eigenvalue weighted by Gasteiger charge is -2.31. The van der Waals surface area contributed by atoms with Crippen LogP contribution < -0.4 is 14.2 Å². The molecule has 1 aliphatic heterocycles. The van der Waals surface area contributed by atoms with E-state index < -0.39 is 10.2 Å². The Morgan fingerprint density at radius 3 is 2.66 bits per heavy atom. The SMILES string of the molecule is CCc1cccc(NS(=O)(=O)N2CCC(Oc3ccc(C#N)cc3OC)CC2)n1. The molecule has 8 nitrogen and oxygen atoms in total. The molecule has 0 amide bonds. The minimum Gasteiger partial charge on any atom is -0.493 e. The van der Waals surface area contributed by atoms with E-state index >= 15 is 0 Å². The first-order chi connectivity index (χ1) is 13.9. The summed E-state index contributed by atoms with van der Waals surface area (Å²) in [6.45, 7) is 2.65. The van der Waals surface area contributed by atoms with Crippen LogP contribution in [0.2, 0.25) is 0 Å². The molecule has 2 aromatic rings. The topological polar surface area (TPSA) is 105 Å². The van der Waals surface area contributed by atoms with E-state index in [1.807, 2.05) is 13.0 Å². The molecule has 2 heterocycles. The summed E-state index contributed by atoms with van der Waals surface area (Å²) >= 11 is 0. The molecule has 0 saturated carbocycles. The molecule has 3 rings (SSSR count). The molecular weight excluding hydrogens is 392 g/mol. The Bertz CT molecular complexity index is 996. The Morgan fingerprint density at radius 1 is 1.24 bits per heavy atom. The zero-order valence-corrected chi connectivity index (χ0v) is 17.3. The molecule has 9 heteroatoms. The third kappa shape index (κ3) is 5.16. The summed E-state index contributed by atoms with van der Waals surface area (Å²) in [4.78, 5) is 4.30. The summed E-state index contributed by atoms with van der Waals surface area (Å²) in [6, 6.07) is 12.3. The lowest BCUT2D eigenvalue weighted by Crippen LogP contribution is -2.44. The lowest BCUT2D eigenvalue weighted by molar-refractivity contribution is 0.131. The molecule has 29 heavy (non-hydrogen) atoms. The third-order valence-electron chi connectivity index (χ3n) is 4.73. The summed E-state index contributed by atoms with van der Waals surface area (Å²) in [5.41, 5.74) is 1.32. The number of piperidine rings is 1. The van der Waals surface area contributed by atoms with E-state index in [1.165, 1.54) is 11.4 Å². The second-order valence-corrected chi connectivity index (χ2v) is 8.34. The molecule has 1 fully saturated rings. The van der Waals surface area contributed by atoms with Crippen LogP contribution in [0.1, 0.15) is 31.0 Å². The highest BCUT2D eigenvalue weighted by Gasteiger charge is 2.29. The number of nitriles is 1. The smallest absolute Gasteiger partial charge is 0.302 e. The van der Waals surface area contributed by atoms with Crippen molar-refractivity contribution in [2.24, 2.45) is 0 Å². The van der Waals surface area contributed by atoms with Gasteiger partial charge in [0.25, 0.3) is 0 Å². The Labute approximate surface area is 171 Å². The maximum absolute atomic E-state index is 12.7. The zero-order valence-electron chi connectivity index (χ0n) is 16.5. The van der Waals surface area contributed by atoms with E-state index in [9.17, 15) is 8.42 Å². The van der Waals surface area contributed by atoms with Gasteiger partial charge in [-0.05, 0) is 43.5 Å². The molecule has 0 spiro atoms. The van der Waals surface area contributed by atoms with Gasteiger partial charge >= 0.3 is 10.2 Å². The molecule has 0 radical (unpaired) electrons. The predicted molar refractivity (Wildman–Crippen MR) is 109 cm³/mol. The molecule has 154 valence electrons. The van der Waals surface area contributed by atoms with Crippen molar-refractivity contribution < 1.29 is 17.9 Å². The number of hydrogen-bond donors (Lipinski definition) is 1. The number of benzene rings is 1. The number of ether oxygens (including phenoxy) is 2. The van der Waals surface area contributed by atoms with Crippen LogP contribution >= 0.6 is 0 Å². The first-order valence-corrected chi connectivity index (χ1v) is 10.9. The van der Waals surface area contributed by atoms with Crippen LogP contribution in [0.4, 0.5) is 5.82 Å². The highest BCUT2D eigenvalue weighted by atomic mass is 32.2. The lowest BCUT2D eigenvalue weighted by atomic mass is 10.1. The van der Waals surface area contributed by atoms with Gasteiger partial charge < -0.3 is 9.47 Å². The van der Waals surface area contributed by atoms with Crippen LogP contribution in [0.15, 0.2) is 36.4 Å². The number of aryl methyl sites for hydroxylation is 1. The second-order valence-electron chi connectivity index (χ2n) is 6.67. The number of aromatic nitrogens is 1. The third-order valence-corrected chi connectivity index (χ3v) is 6.24. The molecular formula is C20H24N4O4S. The zero-order chi connectivity index (χ0) is 20.9. The van der Waals surface area contributed by atoms with Crippen molar-refractivity contribution in [2.75, 3.05) is 24.9 Å². The number of rotatable bonds is 7. The normalized spacial score (nSPS) is 15.5. The monoisotopic (exact) mass is 416 g/mol. The standard InChI is InChI=1S/C20H24N4O4S/c1-3-16-5-4-6-20(22-16)23-29(25,26)24-11-9-17(10-12-24)28-18-8-7-15(14-21)13-19(18)27-2/h4-8,13,17H,3,9-12H2,1-2H3,(H,22,23). The largest absolute Gasteiger partial charge is 0.493 e. The summed E-state index contributed by atoms with van der Waals surface area (Å²) in [5.74, 6) is 1.36. The van der Waals surface area contributed by atoms with Gasteiger partial charge in [0.1, 0.15) is 11.9 Å². The quantitative estimate of drug-likeness (QED) is 0.744. The van der Waals surface area contributed by atoms with Gasteiger partial charge in [-0.2, -0.15) is 18.0 Å². The van der Waals surface area contributed by atoms with Gasteiger partial charge in [0.05, 0.1) is 18.7 Å². The van der Waals surface area contributed by atoms with Crippen LogP contribution in [-0.4, -0.2) is 44.0 Å². The summed E-state index contributed by atoms with van der Waals surface area (Å²) in [7, 11) is -2.16. The minimum absolute atomic E-state index is 0.134. The van der Waals surface area contributed by atoms with Crippen molar-refractivity contribution in [2.45, 2.75) is 32.3 Å². The molecule has 1 N–H and O–H groups in total. The van der Waals surface area contributed by atoms with Gasteiger partial charge in [0.15, 0.2) is 11.5 Å². The van der Waals surface area contributed by atoms with Gasteiger partial charge in [-0.1, -0.05) is 13.0 Å². The van der Waals surface area contributed by atoms with E-state index in [2.05, 4.69) is 15.8 Å². The highest BCUT2D eigenvalue weighted by molar-refractivity contribution is 7.90. The van der Waals surface area contributed by atoms with Gasteiger partial charge in [-0.15, -0.1) is 0 Å². The Morgan fingerprint density at radius 2 is 2.00 bits per heavy atom. The number of anilines is 1. The summed E-state index contributed by atoms with van der Waals surface area (Å²) in [5, 5.41) is 8.99. The van der Waals surface area contributed by atoms with Crippen molar-refractivity contribution in [3.8, 4) is 17.6 Å². The van der Waals surface area contributed by atoms with Crippen LogP contribution in [0.5, 0.6) is 11.5 Å². The number of pyridine rings is 1. The summed E-state index contributed by atoms with van der Waals surface area (Å²) in [6.07, 6.45) is 1.70. The van der Waals surface area contributed by atoms with Gasteiger partial charge in [-0.3, -0.25) is 4.72 Å². The highest BCUT2D eigenvalue weighted by Crippen LogP contribution is 2.30. The number of hydrogen-bond acceptors (Lipinski definition) is 6. The second kappa shape index (κ2) is 9.11. The minimum atomic E-state index is -3.67. The average Bonchev–Trinajstić information content (AvgIpc) is 2.74. The first-order valence-electron chi connectivity index (χ1n) is 9.43. The fourth-order valence-electron chi connectivity index (χ4n) is 3.13. The molecule has 0 bridgehead atoms. The maximum atomic E-state index is 12.7. The van der Waals surface area contributed by atoms with E-state index in [0.29, 0.717) is 48.8 Å². The molecule has 1 aromatic carbocycles. The van der Waals surface area contributed by atoms with Gasteiger partial charge in [0, 0.05) is 24.8 Å². The Balaban J connectivity index is 1.60. The van der Waals surface area contributed by atoms with Crippen LogP contribution in [0.25, 0.3) is 0 Å². The van der Waals surface area contributed by atoms with Crippen molar-refractivity contribution in [3.63, 3.8) is 0 Å². The van der Waals surface area contributed by atoms with Crippen LogP contribution in [-0.2, 0) is 16.6 Å². The van der Waals surface area contributed by atoms with Crippen molar-refractivity contribution in [1.29, 1.82) is 5.26 Å². The fourth-order valence-corrected chi connectivity index (χ4v) is 4.33. The predicted octanol–water partition coefficient (Wildman–Crippen LogP) is 2.72. The molecule has 0 unspecified atom stereocenters. The molecule has 0 atom stereocenters.